The summed E-state index contributed by atoms with van der Waals surface area (Å²) in [7, 11) is 0. The fraction of sp³-hybridized carbons (Fsp3) is 0.360. The minimum Gasteiger partial charge on any atom is -0.484 e. The van der Waals surface area contributed by atoms with E-state index in [4.69, 9.17) is 44.3 Å². The summed E-state index contributed by atoms with van der Waals surface area (Å²) < 4.78 is 12.6. The molecule has 2 heterocycles. The lowest BCUT2D eigenvalue weighted by Crippen LogP contribution is -2.46. The van der Waals surface area contributed by atoms with Gasteiger partial charge in [-0.1, -0.05) is 46.9 Å². The van der Waals surface area contributed by atoms with Crippen molar-refractivity contribution in [2.75, 3.05) is 50.9 Å². The third kappa shape index (κ3) is 6.29. The molecule has 0 saturated carbocycles. The first-order valence-corrected chi connectivity index (χ1v) is 12.6. The van der Waals surface area contributed by atoms with Crippen LogP contribution in [0.25, 0.3) is 5.69 Å². The third-order valence-electron chi connectivity index (χ3n) is 5.80. The predicted octanol–water partition coefficient (Wildman–Crippen LogP) is 4.93. The summed E-state index contributed by atoms with van der Waals surface area (Å²) in [5.74, 6) is 0.252. The highest BCUT2D eigenvalue weighted by atomic mass is 35.5. The van der Waals surface area contributed by atoms with E-state index in [2.05, 4.69) is 14.9 Å². The van der Waals surface area contributed by atoms with Crippen LogP contribution < -0.4 is 15.2 Å². The second-order valence-electron chi connectivity index (χ2n) is 8.06. The third-order valence-corrected chi connectivity index (χ3v) is 6.75. The smallest absolute Gasteiger partial charge is 0.316 e. The number of piperazine rings is 1. The van der Waals surface area contributed by atoms with Crippen molar-refractivity contribution in [1.29, 1.82) is 0 Å². The number of hydrogen-bond acceptors (Lipinski definition) is 6. The number of benzene rings is 2. The second-order valence-corrected chi connectivity index (χ2v) is 9.32. The Kier molecular flexibility index (Phi) is 8.92. The molecular formula is C25H27Cl3N4O3. The summed E-state index contributed by atoms with van der Waals surface area (Å²) in [5, 5.41) is 6.28. The molecule has 0 atom stereocenters. The Morgan fingerprint density at radius 3 is 2.37 bits per heavy atom. The van der Waals surface area contributed by atoms with Crippen LogP contribution >= 0.6 is 34.8 Å². The van der Waals surface area contributed by atoms with Crippen LogP contribution in [-0.4, -0.2) is 60.7 Å². The molecule has 1 aromatic heterocycles. The highest BCUT2D eigenvalue weighted by Crippen LogP contribution is 2.28. The van der Waals surface area contributed by atoms with Crippen molar-refractivity contribution in [1.82, 2.24) is 14.7 Å². The van der Waals surface area contributed by atoms with Gasteiger partial charge in [0.25, 0.3) is 0 Å². The van der Waals surface area contributed by atoms with Gasteiger partial charge in [0.05, 0.1) is 18.5 Å². The molecule has 4 rings (SSSR count). The number of hydrogen-bond donors (Lipinski definition) is 0. The monoisotopic (exact) mass is 536 g/mol. The number of anilines is 1. The maximum atomic E-state index is 13.4. The molecule has 1 fully saturated rings. The number of aromatic nitrogens is 2. The number of ether oxygens (including phenoxy) is 2. The Morgan fingerprint density at radius 2 is 1.69 bits per heavy atom. The zero-order valence-electron chi connectivity index (χ0n) is 19.4. The minimum absolute atomic E-state index is 0.252. The van der Waals surface area contributed by atoms with Gasteiger partial charge in [-0.25, -0.2) is 0 Å². The van der Waals surface area contributed by atoms with Gasteiger partial charge in [-0.15, -0.1) is 0 Å². The minimum atomic E-state index is -0.341. The first-order chi connectivity index (χ1) is 17.0. The summed E-state index contributed by atoms with van der Waals surface area (Å²) >= 11 is 18.8. The zero-order chi connectivity index (χ0) is 24.8. The molecule has 1 saturated heterocycles. The SMILES string of the molecule is CCOCCOc1c(N2CCN(Cc3c(Cl)cccc3Cl)CC2)cnn(-c2cccc(Cl)c2)c1=O. The fourth-order valence-corrected chi connectivity index (χ4v) is 4.68. The summed E-state index contributed by atoms with van der Waals surface area (Å²) in [6, 6.07) is 12.6. The van der Waals surface area contributed by atoms with E-state index >= 15 is 0 Å². The van der Waals surface area contributed by atoms with Gasteiger partial charge >= 0.3 is 5.56 Å². The molecule has 0 aliphatic carbocycles. The molecule has 0 bridgehead atoms. The molecule has 3 aromatic rings. The van der Waals surface area contributed by atoms with E-state index in [0.717, 1.165) is 18.7 Å². The molecular weight excluding hydrogens is 511 g/mol. The Bertz CT molecular complexity index is 1190. The van der Waals surface area contributed by atoms with Crippen molar-refractivity contribution in [3.05, 3.63) is 79.6 Å². The average Bonchev–Trinajstić information content (AvgIpc) is 2.85. The maximum absolute atomic E-state index is 13.4. The Morgan fingerprint density at radius 1 is 0.971 bits per heavy atom. The Labute approximate surface area is 219 Å². The van der Waals surface area contributed by atoms with Gasteiger partial charge in [0.2, 0.25) is 5.75 Å². The normalized spacial score (nSPS) is 14.3. The first-order valence-electron chi connectivity index (χ1n) is 11.5. The van der Waals surface area contributed by atoms with Gasteiger partial charge in [-0.2, -0.15) is 9.78 Å². The van der Waals surface area contributed by atoms with Crippen molar-refractivity contribution in [3.63, 3.8) is 0 Å². The Hall–Kier alpha value is -2.29. The predicted molar refractivity (Wildman–Crippen MR) is 141 cm³/mol. The highest BCUT2D eigenvalue weighted by Gasteiger charge is 2.24. The first kappa shape index (κ1) is 25.8. The van der Waals surface area contributed by atoms with Crippen molar-refractivity contribution in [2.45, 2.75) is 13.5 Å². The summed E-state index contributed by atoms with van der Waals surface area (Å²) in [5.41, 5.74) is 1.83. The largest absolute Gasteiger partial charge is 0.484 e. The topological polar surface area (TPSA) is 59.8 Å². The van der Waals surface area contributed by atoms with E-state index in [1.54, 1.807) is 30.5 Å². The maximum Gasteiger partial charge on any atom is 0.316 e. The van der Waals surface area contributed by atoms with E-state index in [1.807, 2.05) is 25.1 Å². The zero-order valence-corrected chi connectivity index (χ0v) is 21.7. The molecule has 0 radical (unpaired) electrons. The van der Waals surface area contributed by atoms with Gasteiger partial charge in [0, 0.05) is 60.0 Å². The van der Waals surface area contributed by atoms with Crippen LogP contribution in [0.1, 0.15) is 12.5 Å². The molecule has 0 amide bonds. The Balaban J connectivity index is 1.54. The van der Waals surface area contributed by atoms with Gasteiger partial charge in [0.15, 0.2) is 0 Å². The molecule has 1 aliphatic heterocycles. The van der Waals surface area contributed by atoms with Crippen LogP contribution in [0.3, 0.4) is 0 Å². The number of halogens is 3. The number of nitrogens with zero attached hydrogens (tertiary/aromatic N) is 4. The van der Waals surface area contributed by atoms with Crippen LogP contribution in [0.5, 0.6) is 5.75 Å². The van der Waals surface area contributed by atoms with E-state index < -0.39 is 0 Å². The van der Waals surface area contributed by atoms with E-state index in [1.165, 1.54) is 4.68 Å². The summed E-state index contributed by atoms with van der Waals surface area (Å²) in [6.07, 6.45) is 1.68. The summed E-state index contributed by atoms with van der Waals surface area (Å²) in [4.78, 5) is 17.8. The van der Waals surface area contributed by atoms with Crippen LogP contribution in [0, 0.1) is 0 Å². The van der Waals surface area contributed by atoms with E-state index in [9.17, 15) is 4.79 Å². The van der Waals surface area contributed by atoms with Crippen molar-refractivity contribution >= 4 is 40.5 Å². The molecule has 186 valence electrons. The van der Waals surface area contributed by atoms with Gasteiger partial charge in [-0.05, 0) is 37.3 Å². The molecule has 0 spiro atoms. The molecule has 1 aliphatic rings. The van der Waals surface area contributed by atoms with Crippen LogP contribution in [0.15, 0.2) is 53.5 Å². The van der Waals surface area contributed by atoms with Crippen LogP contribution in [0.2, 0.25) is 15.1 Å². The van der Waals surface area contributed by atoms with Crippen molar-refractivity contribution in [3.8, 4) is 11.4 Å². The van der Waals surface area contributed by atoms with Crippen molar-refractivity contribution in [2.24, 2.45) is 0 Å². The van der Waals surface area contributed by atoms with Gasteiger partial charge in [-0.3, -0.25) is 9.69 Å². The average molecular weight is 538 g/mol. The molecule has 2 aromatic carbocycles. The van der Waals surface area contributed by atoms with Gasteiger partial charge < -0.3 is 14.4 Å². The fourth-order valence-electron chi connectivity index (χ4n) is 3.98. The molecule has 0 unspecified atom stereocenters. The van der Waals surface area contributed by atoms with Crippen LogP contribution in [-0.2, 0) is 11.3 Å². The molecule has 10 heteroatoms. The lowest BCUT2D eigenvalue weighted by Gasteiger charge is -2.36. The van der Waals surface area contributed by atoms with Crippen LogP contribution in [0.4, 0.5) is 5.69 Å². The van der Waals surface area contributed by atoms with Crippen molar-refractivity contribution < 1.29 is 9.47 Å². The molecule has 7 nitrogen and oxygen atoms in total. The van der Waals surface area contributed by atoms with E-state index in [0.29, 0.717) is 59.3 Å². The standard InChI is InChI=1S/C25H27Cl3N4O3/c1-2-34-13-14-35-24-23(16-29-32(25(24)33)19-6-3-5-18(26)15-19)31-11-9-30(10-12-31)17-20-21(27)7-4-8-22(20)28/h3-8,15-16H,2,9-14,17H2,1H3. The quantitative estimate of drug-likeness (QED) is 0.361. The molecule has 0 N–H and O–H groups in total. The van der Waals surface area contributed by atoms with E-state index in [-0.39, 0.29) is 17.9 Å². The summed E-state index contributed by atoms with van der Waals surface area (Å²) in [6.45, 7) is 6.77. The van der Waals surface area contributed by atoms with Gasteiger partial charge in [0.1, 0.15) is 12.3 Å². The molecule has 35 heavy (non-hydrogen) atoms. The second kappa shape index (κ2) is 12.1. The lowest BCUT2D eigenvalue weighted by atomic mass is 10.2. The number of rotatable bonds is 9. The highest BCUT2D eigenvalue weighted by molar-refractivity contribution is 6.36. The lowest BCUT2D eigenvalue weighted by molar-refractivity contribution is 0.109.